The van der Waals surface area contributed by atoms with Gasteiger partial charge in [0.1, 0.15) is 16.5 Å². The van der Waals surface area contributed by atoms with Gasteiger partial charge in [0.25, 0.3) is 0 Å². The summed E-state index contributed by atoms with van der Waals surface area (Å²) in [5.41, 5.74) is 2.29. The van der Waals surface area contributed by atoms with Gasteiger partial charge in [-0.2, -0.15) is 0 Å². The number of amides is 2. The lowest BCUT2D eigenvalue weighted by Gasteiger charge is -2.20. The number of likely N-dealkylation sites (N-methyl/N-ethyl adjacent to an activating group) is 1. The van der Waals surface area contributed by atoms with Crippen molar-refractivity contribution >= 4 is 28.8 Å². The lowest BCUT2D eigenvalue weighted by molar-refractivity contribution is -0.133. The number of rotatable bonds is 10. The van der Waals surface area contributed by atoms with Crippen LogP contribution in [0.25, 0.3) is 10.6 Å². The van der Waals surface area contributed by atoms with Gasteiger partial charge in [-0.1, -0.05) is 6.07 Å². The molecule has 0 radical (unpaired) electrons. The fraction of sp³-hybridized carbons (Fsp3) is 0.292. The number of thiazole rings is 1. The van der Waals surface area contributed by atoms with Gasteiger partial charge in [-0.15, -0.1) is 11.3 Å². The van der Waals surface area contributed by atoms with Gasteiger partial charge in [0.15, 0.2) is 0 Å². The Bertz CT molecular complexity index is 1050. The van der Waals surface area contributed by atoms with Crippen LogP contribution in [0.15, 0.2) is 53.9 Å². The average molecular weight is 454 g/mol. The van der Waals surface area contributed by atoms with Crippen molar-refractivity contribution in [3.05, 3.63) is 59.6 Å². The van der Waals surface area contributed by atoms with E-state index in [2.05, 4.69) is 10.3 Å². The van der Waals surface area contributed by atoms with Gasteiger partial charge in [-0.25, -0.2) is 4.98 Å². The second kappa shape index (κ2) is 11.3. The molecule has 1 heterocycles. The van der Waals surface area contributed by atoms with Gasteiger partial charge in [0, 0.05) is 29.2 Å². The summed E-state index contributed by atoms with van der Waals surface area (Å²) in [4.78, 5) is 31.3. The van der Waals surface area contributed by atoms with E-state index in [1.165, 1.54) is 16.2 Å². The predicted octanol–water partition coefficient (Wildman–Crippen LogP) is 4.25. The molecule has 1 N–H and O–H groups in total. The number of methoxy groups -OCH3 is 1. The third-order valence-electron chi connectivity index (χ3n) is 4.72. The highest BCUT2D eigenvalue weighted by Crippen LogP contribution is 2.26. The van der Waals surface area contributed by atoms with Crippen LogP contribution in [-0.2, 0) is 16.0 Å². The maximum absolute atomic E-state index is 12.8. The highest BCUT2D eigenvalue weighted by Gasteiger charge is 2.18. The number of benzene rings is 2. The van der Waals surface area contributed by atoms with Gasteiger partial charge in [0.2, 0.25) is 11.8 Å². The van der Waals surface area contributed by atoms with Crippen LogP contribution >= 0.6 is 11.3 Å². The topological polar surface area (TPSA) is 80.8 Å². The first kappa shape index (κ1) is 23.3. The van der Waals surface area contributed by atoms with E-state index in [1.807, 2.05) is 43.5 Å². The van der Waals surface area contributed by atoms with E-state index in [0.29, 0.717) is 30.3 Å². The predicted molar refractivity (Wildman–Crippen MR) is 126 cm³/mol. The Kier molecular flexibility index (Phi) is 8.21. The Balaban J connectivity index is 1.58. The number of anilines is 1. The van der Waals surface area contributed by atoms with Crippen LogP contribution < -0.4 is 14.8 Å². The monoisotopic (exact) mass is 453 g/mol. The Morgan fingerprint density at radius 3 is 2.56 bits per heavy atom. The summed E-state index contributed by atoms with van der Waals surface area (Å²) < 4.78 is 10.6. The van der Waals surface area contributed by atoms with E-state index in [0.717, 1.165) is 16.3 Å². The van der Waals surface area contributed by atoms with Crippen molar-refractivity contribution in [2.75, 3.05) is 32.1 Å². The Labute approximate surface area is 192 Å². The summed E-state index contributed by atoms with van der Waals surface area (Å²) in [7, 11) is 1.57. The molecule has 0 aliphatic heterocycles. The zero-order chi connectivity index (χ0) is 22.9. The minimum absolute atomic E-state index is 0.0254. The first-order valence-electron chi connectivity index (χ1n) is 10.4. The fourth-order valence-corrected chi connectivity index (χ4v) is 3.92. The van der Waals surface area contributed by atoms with Crippen molar-refractivity contribution < 1.29 is 19.1 Å². The number of nitrogens with one attached hydrogen (secondary N) is 1. The highest BCUT2D eigenvalue weighted by molar-refractivity contribution is 7.13. The van der Waals surface area contributed by atoms with E-state index >= 15 is 0 Å². The molecule has 7 nitrogen and oxygen atoms in total. The Hall–Kier alpha value is -3.39. The van der Waals surface area contributed by atoms with Crippen molar-refractivity contribution in [1.29, 1.82) is 0 Å². The summed E-state index contributed by atoms with van der Waals surface area (Å²) in [6.07, 6.45) is 0.147. The number of hydrogen-bond acceptors (Lipinski definition) is 6. The number of carbonyl (C=O) groups is 2. The SMILES string of the molecule is CCOc1ccc(-c2nc(CC(=O)N(CC)CC(=O)Nc3cccc(OC)c3)cs2)cc1. The van der Waals surface area contributed by atoms with Crippen molar-refractivity contribution in [2.24, 2.45) is 0 Å². The highest BCUT2D eigenvalue weighted by atomic mass is 32.1. The minimum Gasteiger partial charge on any atom is -0.497 e. The molecule has 0 saturated carbocycles. The number of aromatic nitrogens is 1. The smallest absolute Gasteiger partial charge is 0.243 e. The molecule has 0 saturated heterocycles. The van der Waals surface area contributed by atoms with Crippen LogP contribution in [0.4, 0.5) is 5.69 Å². The van der Waals surface area contributed by atoms with E-state index in [-0.39, 0.29) is 24.8 Å². The molecule has 1 aromatic heterocycles. The molecule has 0 atom stereocenters. The Morgan fingerprint density at radius 2 is 1.88 bits per heavy atom. The van der Waals surface area contributed by atoms with Crippen molar-refractivity contribution in [3.63, 3.8) is 0 Å². The number of carbonyl (C=O) groups excluding carboxylic acids is 2. The molecule has 0 fully saturated rings. The van der Waals surface area contributed by atoms with E-state index in [4.69, 9.17) is 9.47 Å². The lowest BCUT2D eigenvalue weighted by Crippen LogP contribution is -2.38. The van der Waals surface area contributed by atoms with Crippen LogP contribution in [0, 0.1) is 0 Å². The van der Waals surface area contributed by atoms with Crippen molar-refractivity contribution in [1.82, 2.24) is 9.88 Å². The lowest BCUT2D eigenvalue weighted by atomic mass is 10.2. The maximum Gasteiger partial charge on any atom is 0.243 e. The summed E-state index contributed by atoms with van der Waals surface area (Å²) in [5, 5.41) is 5.53. The maximum atomic E-state index is 12.8. The van der Waals surface area contributed by atoms with Gasteiger partial charge >= 0.3 is 0 Å². The van der Waals surface area contributed by atoms with Crippen molar-refractivity contribution in [3.8, 4) is 22.1 Å². The summed E-state index contributed by atoms with van der Waals surface area (Å²) in [5.74, 6) is 1.06. The summed E-state index contributed by atoms with van der Waals surface area (Å²) in [6, 6.07) is 14.8. The molecule has 2 aromatic carbocycles. The Morgan fingerprint density at radius 1 is 1.09 bits per heavy atom. The van der Waals surface area contributed by atoms with Crippen LogP contribution in [0.5, 0.6) is 11.5 Å². The van der Waals surface area contributed by atoms with Gasteiger partial charge < -0.3 is 19.7 Å². The van der Waals surface area contributed by atoms with Gasteiger partial charge in [0.05, 0.1) is 32.4 Å². The molecule has 0 bridgehead atoms. The molecule has 168 valence electrons. The third kappa shape index (κ3) is 6.31. The van der Waals surface area contributed by atoms with Gasteiger partial charge in [-0.3, -0.25) is 9.59 Å². The number of nitrogens with zero attached hydrogens (tertiary/aromatic N) is 2. The average Bonchev–Trinajstić information content (AvgIpc) is 3.26. The molecule has 0 aliphatic rings. The van der Waals surface area contributed by atoms with Crippen LogP contribution in [-0.4, -0.2) is 48.5 Å². The zero-order valence-corrected chi connectivity index (χ0v) is 19.3. The van der Waals surface area contributed by atoms with E-state index < -0.39 is 0 Å². The normalized spacial score (nSPS) is 10.5. The van der Waals surface area contributed by atoms with E-state index in [1.54, 1.807) is 31.4 Å². The molecule has 8 heteroatoms. The second-order valence-electron chi connectivity index (χ2n) is 6.97. The standard InChI is InChI=1S/C24H27N3O4S/c1-4-27(15-22(28)25-18-7-6-8-21(13-18)30-3)23(29)14-19-16-32-24(26-19)17-9-11-20(12-10-17)31-5-2/h6-13,16H,4-5,14-15H2,1-3H3,(H,25,28). The molecule has 3 aromatic rings. The number of ether oxygens (including phenoxy) is 2. The second-order valence-corrected chi connectivity index (χ2v) is 7.82. The molecule has 32 heavy (non-hydrogen) atoms. The molecule has 0 aliphatic carbocycles. The van der Waals surface area contributed by atoms with E-state index in [9.17, 15) is 9.59 Å². The van der Waals surface area contributed by atoms with Crippen LogP contribution in [0.3, 0.4) is 0 Å². The molecular weight excluding hydrogens is 426 g/mol. The zero-order valence-electron chi connectivity index (χ0n) is 18.5. The molecule has 2 amide bonds. The third-order valence-corrected chi connectivity index (χ3v) is 5.66. The van der Waals surface area contributed by atoms with Crippen LogP contribution in [0.2, 0.25) is 0 Å². The fourth-order valence-electron chi connectivity index (χ4n) is 3.10. The molecule has 0 unspecified atom stereocenters. The molecule has 0 spiro atoms. The quantitative estimate of drug-likeness (QED) is 0.496. The minimum atomic E-state index is -0.262. The largest absolute Gasteiger partial charge is 0.497 e. The molecular formula is C24H27N3O4S. The van der Waals surface area contributed by atoms with Crippen LogP contribution in [0.1, 0.15) is 19.5 Å². The first-order valence-corrected chi connectivity index (χ1v) is 11.3. The number of hydrogen-bond donors (Lipinski definition) is 1. The summed E-state index contributed by atoms with van der Waals surface area (Å²) in [6.45, 7) is 4.82. The first-order chi connectivity index (χ1) is 15.5. The van der Waals surface area contributed by atoms with Gasteiger partial charge in [-0.05, 0) is 50.2 Å². The van der Waals surface area contributed by atoms with Crippen molar-refractivity contribution in [2.45, 2.75) is 20.3 Å². The molecule has 3 rings (SSSR count). The summed E-state index contributed by atoms with van der Waals surface area (Å²) >= 11 is 1.49.